The summed E-state index contributed by atoms with van der Waals surface area (Å²) >= 11 is 0. The van der Waals surface area contributed by atoms with Crippen molar-refractivity contribution in [3.8, 4) is 215 Å². The number of aromatic nitrogens is 16. The number of fused-ring (bicyclic) bond motifs is 6. The Morgan fingerprint density at radius 3 is 0.769 bits per heavy atom. The normalized spacial score (nSPS) is 11.5. The molecule has 0 N–H and O–H groups in total. The van der Waals surface area contributed by atoms with E-state index < -0.39 is 0 Å². The molecule has 0 amide bonds. The third kappa shape index (κ3) is 17.2. The van der Waals surface area contributed by atoms with Gasteiger partial charge in [0.2, 0.25) is 0 Å². The summed E-state index contributed by atoms with van der Waals surface area (Å²) in [6, 6.07) is 146. The molecule has 0 saturated carbocycles. The number of hydrogen-bond acceptors (Lipinski definition) is 14. The van der Waals surface area contributed by atoms with Crippen LogP contribution in [0.1, 0.15) is 38.9 Å². The first-order chi connectivity index (χ1) is 72.2. The molecule has 696 valence electrons. The molecule has 0 aliphatic heterocycles. The molecule has 0 atom stereocenters. The van der Waals surface area contributed by atoms with Gasteiger partial charge in [-0.05, 0) is 219 Å². The van der Waals surface area contributed by atoms with E-state index in [1.54, 1.807) is 0 Å². The fourth-order valence-electron chi connectivity index (χ4n) is 20.9. The predicted octanol–water partition coefficient (Wildman–Crippen LogP) is 31.6. The molecule has 16 heteroatoms. The highest BCUT2D eigenvalue weighted by Gasteiger charge is 2.29. The summed E-state index contributed by atoms with van der Waals surface area (Å²) in [6.45, 7) is 15.2. The van der Waals surface area contributed by atoms with E-state index in [1.165, 1.54) is 44.5 Å². The molecule has 147 heavy (non-hydrogen) atoms. The van der Waals surface area contributed by atoms with Crippen LogP contribution >= 0.6 is 0 Å². The van der Waals surface area contributed by atoms with Crippen molar-refractivity contribution in [3.63, 3.8) is 0 Å². The van der Waals surface area contributed by atoms with Crippen LogP contribution in [-0.2, 0) is 0 Å². The second-order valence-corrected chi connectivity index (χ2v) is 37.8. The molecule has 16 nitrogen and oxygen atoms in total. The monoisotopic (exact) mass is 1890 g/mol. The van der Waals surface area contributed by atoms with Crippen LogP contribution in [0.4, 0.5) is 0 Å². The zero-order chi connectivity index (χ0) is 98.9. The SMILES string of the molecule is Cc1cc(C)cc(-c2ccc3c(c2)c2cc(-c4cc(C)cc(C)c4)ccc2n3-c2ccc(-c3nc(-c4ccccc4)nc(-c4ccccc4)n3)cc2-c2ncccc2-c2nc(-c3ccccc3)nc(-c3cccc(-c4cccc(-c5nc(-c6ccccc6)nc(-c6ccc(-n7c8ccccc8c8cc(-c9c(C)cc(C)cc9C)ccc87)c(-c7ncccc7-c7nc(-c8ccccc8)nc(-c8ccccc8)n7)c6)n5)c4)c3)n2)c1. The molecule has 0 bridgehead atoms. The van der Waals surface area contributed by atoms with Crippen LogP contribution in [0, 0.1) is 48.5 Å². The van der Waals surface area contributed by atoms with Crippen molar-refractivity contribution in [1.29, 1.82) is 0 Å². The van der Waals surface area contributed by atoms with Gasteiger partial charge >= 0.3 is 0 Å². The lowest BCUT2D eigenvalue weighted by molar-refractivity contribution is 1.07. The molecule has 0 aliphatic carbocycles. The smallest absolute Gasteiger partial charge is 0.166 e. The van der Waals surface area contributed by atoms with Gasteiger partial charge in [0.05, 0.1) is 44.8 Å². The van der Waals surface area contributed by atoms with E-state index >= 15 is 0 Å². The van der Waals surface area contributed by atoms with Gasteiger partial charge in [0.25, 0.3) is 0 Å². The summed E-state index contributed by atoms with van der Waals surface area (Å²) in [4.78, 5) is 75.6. The molecule has 25 aromatic rings. The van der Waals surface area contributed by atoms with Crippen LogP contribution in [0.3, 0.4) is 0 Å². The van der Waals surface area contributed by atoms with Gasteiger partial charge in [0.1, 0.15) is 0 Å². The highest BCUT2D eigenvalue weighted by atomic mass is 15.1. The second kappa shape index (κ2) is 37.6. The highest BCUT2D eigenvalue weighted by molar-refractivity contribution is 6.14. The molecule has 8 aromatic heterocycles. The minimum Gasteiger partial charge on any atom is -0.309 e. The maximum atomic E-state index is 5.63. The Kier molecular flexibility index (Phi) is 22.8. The van der Waals surface area contributed by atoms with E-state index in [2.05, 4.69) is 282 Å². The van der Waals surface area contributed by atoms with Gasteiger partial charge in [-0.3, -0.25) is 9.97 Å². The fraction of sp³-hybridized carbons (Fsp3) is 0.0534. The topological polar surface area (TPSA) is 190 Å². The molecule has 0 saturated heterocycles. The Labute approximate surface area is 850 Å². The van der Waals surface area contributed by atoms with Crippen LogP contribution in [0.2, 0.25) is 0 Å². The van der Waals surface area contributed by atoms with Gasteiger partial charge in [-0.25, -0.2) is 59.8 Å². The fourth-order valence-corrected chi connectivity index (χ4v) is 20.9. The number of hydrogen-bond donors (Lipinski definition) is 0. The third-order valence-electron chi connectivity index (χ3n) is 27.4. The minimum absolute atomic E-state index is 0.409. The lowest BCUT2D eigenvalue weighted by Gasteiger charge is -2.18. The number of para-hydroxylation sites is 1. The average Bonchev–Trinajstić information content (AvgIpc) is 1.58. The Bertz CT molecular complexity index is 9210. The Morgan fingerprint density at radius 1 is 0.156 bits per heavy atom. The molecule has 0 fully saturated rings. The zero-order valence-electron chi connectivity index (χ0n) is 81.6. The molecular formula is C131H92N16. The largest absolute Gasteiger partial charge is 0.309 e. The van der Waals surface area contributed by atoms with Gasteiger partial charge in [0, 0.05) is 112 Å². The first kappa shape index (κ1) is 89.1. The Morgan fingerprint density at radius 2 is 0.415 bits per heavy atom. The van der Waals surface area contributed by atoms with Crippen molar-refractivity contribution in [1.82, 2.24) is 78.9 Å². The summed E-state index contributed by atoms with van der Waals surface area (Å²) in [6.07, 6.45) is 3.69. The molecule has 0 spiro atoms. The summed E-state index contributed by atoms with van der Waals surface area (Å²) < 4.78 is 4.75. The van der Waals surface area contributed by atoms with Gasteiger partial charge in [0.15, 0.2) is 69.9 Å². The quantitative estimate of drug-likeness (QED) is 0.0700. The summed E-state index contributed by atoms with van der Waals surface area (Å²) in [5, 5.41) is 4.40. The molecular weight excluding hydrogens is 1800 g/mol. The van der Waals surface area contributed by atoms with Crippen molar-refractivity contribution in [2.75, 3.05) is 0 Å². The van der Waals surface area contributed by atoms with Gasteiger partial charge in [-0.1, -0.05) is 331 Å². The first-order valence-electron chi connectivity index (χ1n) is 49.3. The van der Waals surface area contributed by atoms with E-state index in [1.807, 2.05) is 207 Å². The number of nitrogens with zero attached hydrogens (tertiary/aromatic N) is 16. The second-order valence-electron chi connectivity index (χ2n) is 37.8. The maximum absolute atomic E-state index is 5.63. The summed E-state index contributed by atoms with van der Waals surface area (Å²) in [5.41, 5.74) is 35.2. The number of pyridine rings is 2. The van der Waals surface area contributed by atoms with E-state index in [0.29, 0.717) is 92.4 Å². The highest BCUT2D eigenvalue weighted by Crippen LogP contribution is 2.48. The van der Waals surface area contributed by atoms with Crippen molar-refractivity contribution in [2.45, 2.75) is 48.5 Å². The van der Waals surface area contributed by atoms with Crippen LogP contribution in [0.25, 0.3) is 259 Å². The predicted molar refractivity (Wildman–Crippen MR) is 595 cm³/mol. The van der Waals surface area contributed by atoms with Crippen molar-refractivity contribution in [3.05, 3.63) is 470 Å². The molecule has 25 rings (SSSR count). The molecule has 8 heterocycles. The average molecular weight is 1890 g/mol. The van der Waals surface area contributed by atoms with E-state index in [-0.39, 0.29) is 0 Å². The molecule has 0 aliphatic rings. The van der Waals surface area contributed by atoms with E-state index in [0.717, 1.165) is 161 Å². The number of aryl methyl sites for hydroxylation is 7. The first-order valence-corrected chi connectivity index (χ1v) is 49.3. The van der Waals surface area contributed by atoms with Gasteiger partial charge in [-0.15, -0.1) is 0 Å². The molecule has 0 radical (unpaired) electrons. The zero-order valence-corrected chi connectivity index (χ0v) is 81.6. The van der Waals surface area contributed by atoms with Gasteiger partial charge < -0.3 is 9.13 Å². The van der Waals surface area contributed by atoms with Crippen LogP contribution < -0.4 is 0 Å². The lowest BCUT2D eigenvalue weighted by Crippen LogP contribution is -2.04. The van der Waals surface area contributed by atoms with E-state index in [9.17, 15) is 0 Å². The summed E-state index contributed by atoms with van der Waals surface area (Å²) in [7, 11) is 0. The van der Waals surface area contributed by atoms with Crippen molar-refractivity contribution < 1.29 is 0 Å². The summed E-state index contributed by atoms with van der Waals surface area (Å²) in [5.74, 6) is 5.81. The minimum atomic E-state index is 0.409. The maximum Gasteiger partial charge on any atom is 0.166 e. The van der Waals surface area contributed by atoms with Crippen LogP contribution in [-0.4, -0.2) is 78.9 Å². The standard InChI is InChI=1S/C131H92N16/c1-79-64-80(2)69-101(68-79)94-52-57-113-107(74-94)108-75-95(102-70-81(3)65-82(4)71-102)53-58-114(108)147(113)116-61-56-99(128-137-120(86-32-14-8-15-33-86)134-121(138-128)87-34-16-9-17-35-87)77-110(116)119-105(50-31-63-133-119)131-144-125(91-42-24-13-25-43-91)140-127(145-131)98-47-29-45-93(73-98)92-44-28-46-97(72-92)126-136-122(88-36-18-10-19-37-88)139-129(141-126)100-55-60-115(146-111-51-27-26-48-103(111)106-76-96(54-59-112(106)146)117-84(6)66-83(5)67-85(117)7)109(78-100)118-104(49-30-62-132-118)130-142-123(89-38-20-11-21-39-89)135-124(143-130)90-40-22-12-23-41-90/h8-78H,1-7H3. The number of benzene rings is 17. The van der Waals surface area contributed by atoms with E-state index in [4.69, 9.17) is 69.8 Å². The third-order valence-corrected chi connectivity index (χ3v) is 27.4. The Balaban J connectivity index is 0.641. The Hall–Kier alpha value is -19.3. The lowest BCUT2D eigenvalue weighted by atomic mass is 9.93. The molecule has 0 unspecified atom stereocenters. The number of rotatable bonds is 20. The van der Waals surface area contributed by atoms with Crippen LogP contribution in [0.5, 0.6) is 0 Å². The van der Waals surface area contributed by atoms with Crippen LogP contribution in [0.15, 0.2) is 431 Å². The van der Waals surface area contributed by atoms with Crippen molar-refractivity contribution in [2.24, 2.45) is 0 Å². The van der Waals surface area contributed by atoms with Crippen molar-refractivity contribution >= 4 is 43.6 Å². The molecule has 17 aromatic carbocycles. The van der Waals surface area contributed by atoms with Gasteiger partial charge in [-0.2, -0.15) is 0 Å².